The Morgan fingerprint density at radius 2 is 2.08 bits per heavy atom. The fourth-order valence-corrected chi connectivity index (χ4v) is 3.45. The number of pyridine rings is 2. The summed E-state index contributed by atoms with van der Waals surface area (Å²) in [7, 11) is 1.68. The first kappa shape index (κ1) is 16.8. The van der Waals surface area contributed by atoms with Gasteiger partial charge in [0.15, 0.2) is 5.15 Å². The molecule has 3 rings (SSSR count). The van der Waals surface area contributed by atoms with Gasteiger partial charge >= 0.3 is 0 Å². The van der Waals surface area contributed by atoms with Crippen LogP contribution < -0.4 is 4.90 Å². The van der Waals surface area contributed by atoms with Gasteiger partial charge in [-0.2, -0.15) is 0 Å². The van der Waals surface area contributed by atoms with Crippen molar-refractivity contribution in [2.75, 3.05) is 11.9 Å². The molecule has 0 aliphatic carbocycles. The fourth-order valence-electron chi connectivity index (χ4n) is 2.03. The van der Waals surface area contributed by atoms with Gasteiger partial charge in [0.1, 0.15) is 15.2 Å². The molecule has 0 saturated heterocycles. The van der Waals surface area contributed by atoms with Crippen LogP contribution in [0.25, 0.3) is 10.6 Å². The van der Waals surface area contributed by atoms with Gasteiger partial charge in [-0.25, -0.2) is 9.97 Å². The highest BCUT2D eigenvalue weighted by atomic mass is 35.5. The molecule has 1 amide bonds. The van der Waals surface area contributed by atoms with Crippen LogP contribution in [-0.2, 0) is 11.2 Å². The standard InChI is InChI=1S/C16H12Cl2N4OS/c1-22(13(23)7-10-4-5-12(17)20-8-10)16-14(18)21-15(24-16)11-3-2-6-19-9-11/h2-6,8-9H,7H2,1H3. The van der Waals surface area contributed by atoms with Crippen molar-refractivity contribution in [1.29, 1.82) is 0 Å². The van der Waals surface area contributed by atoms with E-state index in [4.69, 9.17) is 23.2 Å². The third-order valence-corrected chi connectivity index (χ3v) is 5.08. The Kier molecular flexibility index (Phi) is 5.08. The van der Waals surface area contributed by atoms with Crippen LogP contribution >= 0.6 is 34.5 Å². The summed E-state index contributed by atoms with van der Waals surface area (Å²) in [5.41, 5.74) is 1.64. The van der Waals surface area contributed by atoms with Crippen LogP contribution in [0.3, 0.4) is 0 Å². The van der Waals surface area contributed by atoms with Crippen molar-refractivity contribution in [3.8, 4) is 10.6 Å². The first-order valence-electron chi connectivity index (χ1n) is 6.98. The number of likely N-dealkylation sites (N-methyl/N-ethyl adjacent to an activating group) is 1. The van der Waals surface area contributed by atoms with Gasteiger partial charge < -0.3 is 4.90 Å². The summed E-state index contributed by atoms with van der Waals surface area (Å²) in [4.78, 5) is 26.3. The second kappa shape index (κ2) is 7.25. The van der Waals surface area contributed by atoms with Gasteiger partial charge in [0, 0.05) is 31.2 Å². The summed E-state index contributed by atoms with van der Waals surface area (Å²) in [5.74, 6) is -0.109. The minimum atomic E-state index is -0.109. The average molecular weight is 379 g/mol. The number of hydrogen-bond donors (Lipinski definition) is 0. The van der Waals surface area contributed by atoms with E-state index in [1.807, 2.05) is 12.1 Å². The Labute approximate surface area is 152 Å². The molecule has 122 valence electrons. The largest absolute Gasteiger partial charge is 0.304 e. The number of aromatic nitrogens is 3. The molecule has 3 heterocycles. The summed E-state index contributed by atoms with van der Waals surface area (Å²) < 4.78 is 0. The molecule has 0 atom stereocenters. The highest BCUT2D eigenvalue weighted by Gasteiger charge is 2.19. The van der Waals surface area contributed by atoms with E-state index in [1.54, 1.807) is 37.8 Å². The van der Waals surface area contributed by atoms with Crippen molar-refractivity contribution in [3.05, 3.63) is 58.7 Å². The number of hydrogen-bond acceptors (Lipinski definition) is 5. The van der Waals surface area contributed by atoms with Gasteiger partial charge in [0.05, 0.1) is 6.42 Å². The molecule has 0 bridgehead atoms. The van der Waals surface area contributed by atoms with Gasteiger partial charge in [-0.05, 0) is 23.8 Å². The molecule has 0 aliphatic heterocycles. The van der Waals surface area contributed by atoms with Gasteiger partial charge in [0.2, 0.25) is 5.91 Å². The van der Waals surface area contributed by atoms with E-state index in [9.17, 15) is 4.79 Å². The van der Waals surface area contributed by atoms with E-state index in [1.165, 1.54) is 16.2 Å². The Balaban J connectivity index is 1.79. The average Bonchev–Trinajstić information content (AvgIpc) is 2.99. The zero-order valence-electron chi connectivity index (χ0n) is 12.6. The third-order valence-electron chi connectivity index (χ3n) is 3.30. The second-order valence-electron chi connectivity index (χ2n) is 4.98. The summed E-state index contributed by atoms with van der Waals surface area (Å²) in [6, 6.07) is 7.15. The van der Waals surface area contributed by atoms with Gasteiger partial charge in [-0.3, -0.25) is 9.78 Å². The summed E-state index contributed by atoms with van der Waals surface area (Å²) in [6.07, 6.45) is 5.19. The molecule has 0 spiro atoms. The topological polar surface area (TPSA) is 59.0 Å². The summed E-state index contributed by atoms with van der Waals surface area (Å²) >= 11 is 13.3. The lowest BCUT2D eigenvalue weighted by atomic mass is 10.2. The Bertz CT molecular complexity index is 852. The van der Waals surface area contributed by atoms with Crippen molar-refractivity contribution in [2.24, 2.45) is 0 Å². The molecule has 3 aromatic rings. The predicted octanol–water partition coefficient (Wildman–Crippen LogP) is 4.11. The van der Waals surface area contributed by atoms with Crippen LogP contribution in [0, 0.1) is 0 Å². The first-order valence-corrected chi connectivity index (χ1v) is 8.55. The van der Waals surface area contributed by atoms with Crippen LogP contribution in [0.2, 0.25) is 10.3 Å². The molecule has 0 radical (unpaired) electrons. The Hall–Kier alpha value is -2.02. The number of amides is 1. The molecule has 0 aromatic carbocycles. The molecule has 5 nitrogen and oxygen atoms in total. The highest BCUT2D eigenvalue weighted by molar-refractivity contribution is 7.19. The molecular weight excluding hydrogens is 367 g/mol. The zero-order chi connectivity index (χ0) is 17.1. The molecule has 0 saturated carbocycles. The van der Waals surface area contributed by atoms with E-state index in [-0.39, 0.29) is 12.3 Å². The van der Waals surface area contributed by atoms with Gasteiger partial charge in [0.25, 0.3) is 0 Å². The van der Waals surface area contributed by atoms with Crippen molar-refractivity contribution < 1.29 is 4.79 Å². The lowest BCUT2D eigenvalue weighted by Gasteiger charge is -2.15. The quantitative estimate of drug-likeness (QED) is 0.640. The molecule has 0 aliphatic rings. The van der Waals surface area contributed by atoms with E-state index >= 15 is 0 Å². The molecular formula is C16H12Cl2N4OS. The molecule has 24 heavy (non-hydrogen) atoms. The number of rotatable bonds is 4. The van der Waals surface area contributed by atoms with Crippen molar-refractivity contribution >= 4 is 45.4 Å². The monoisotopic (exact) mass is 378 g/mol. The van der Waals surface area contributed by atoms with Gasteiger partial charge in [-0.15, -0.1) is 0 Å². The van der Waals surface area contributed by atoms with Crippen LogP contribution in [0.4, 0.5) is 5.00 Å². The van der Waals surface area contributed by atoms with Crippen LogP contribution in [-0.4, -0.2) is 27.9 Å². The smallest absolute Gasteiger partial charge is 0.231 e. The van der Waals surface area contributed by atoms with E-state index in [0.717, 1.165) is 16.1 Å². The zero-order valence-corrected chi connectivity index (χ0v) is 14.9. The molecule has 0 unspecified atom stereocenters. The molecule has 8 heteroatoms. The number of anilines is 1. The maximum absolute atomic E-state index is 12.5. The number of carbonyl (C=O) groups excluding carboxylic acids is 1. The molecule has 3 aromatic heterocycles. The van der Waals surface area contributed by atoms with Crippen LogP contribution in [0.1, 0.15) is 5.56 Å². The number of nitrogens with zero attached hydrogens (tertiary/aromatic N) is 4. The van der Waals surface area contributed by atoms with Crippen LogP contribution in [0.15, 0.2) is 42.9 Å². The van der Waals surface area contributed by atoms with Gasteiger partial charge in [-0.1, -0.05) is 40.6 Å². The minimum absolute atomic E-state index is 0.109. The predicted molar refractivity (Wildman–Crippen MR) is 96.7 cm³/mol. The SMILES string of the molecule is CN(C(=O)Cc1ccc(Cl)nc1)c1sc(-c2cccnc2)nc1Cl. The summed E-state index contributed by atoms with van der Waals surface area (Å²) in [5, 5.41) is 2.01. The van der Waals surface area contributed by atoms with E-state index in [2.05, 4.69) is 15.0 Å². The number of thiazole rings is 1. The first-order chi connectivity index (χ1) is 11.5. The van der Waals surface area contributed by atoms with E-state index in [0.29, 0.717) is 15.3 Å². The van der Waals surface area contributed by atoms with Crippen LogP contribution in [0.5, 0.6) is 0 Å². The second-order valence-corrected chi connectivity index (χ2v) is 6.70. The number of halogens is 2. The fraction of sp³-hybridized carbons (Fsp3) is 0.125. The normalized spacial score (nSPS) is 10.6. The van der Waals surface area contributed by atoms with Crippen molar-refractivity contribution in [3.63, 3.8) is 0 Å². The maximum atomic E-state index is 12.5. The van der Waals surface area contributed by atoms with E-state index < -0.39 is 0 Å². The minimum Gasteiger partial charge on any atom is -0.304 e. The lowest BCUT2D eigenvalue weighted by molar-refractivity contribution is -0.117. The molecule has 0 fully saturated rings. The maximum Gasteiger partial charge on any atom is 0.231 e. The Morgan fingerprint density at radius 3 is 2.75 bits per heavy atom. The highest BCUT2D eigenvalue weighted by Crippen LogP contribution is 2.37. The molecule has 0 N–H and O–H groups in total. The third kappa shape index (κ3) is 3.72. The number of carbonyl (C=O) groups is 1. The Morgan fingerprint density at radius 1 is 1.25 bits per heavy atom. The lowest BCUT2D eigenvalue weighted by Crippen LogP contribution is -2.27. The summed E-state index contributed by atoms with van der Waals surface area (Å²) in [6.45, 7) is 0. The van der Waals surface area contributed by atoms with Crippen molar-refractivity contribution in [2.45, 2.75) is 6.42 Å². The van der Waals surface area contributed by atoms with Crippen molar-refractivity contribution in [1.82, 2.24) is 15.0 Å².